The number of aryl methyl sites for hydroxylation is 2. The van der Waals surface area contributed by atoms with E-state index in [0.29, 0.717) is 36.0 Å². The Morgan fingerprint density at radius 3 is 2.19 bits per heavy atom. The maximum absolute atomic E-state index is 13.3. The summed E-state index contributed by atoms with van der Waals surface area (Å²) in [7, 11) is 0. The minimum Gasteiger partial charge on any atom is -0.490 e. The highest BCUT2D eigenvalue weighted by molar-refractivity contribution is 6.36. The number of nitrogens with one attached hydrogen (secondary N) is 1. The first-order chi connectivity index (χ1) is 14.8. The van der Waals surface area contributed by atoms with Crippen molar-refractivity contribution in [3.05, 3.63) is 58.8 Å². The average Bonchev–Trinajstić information content (AvgIpc) is 2.94. The van der Waals surface area contributed by atoms with Crippen LogP contribution >= 0.6 is 0 Å². The quantitative estimate of drug-likeness (QED) is 0.625. The van der Waals surface area contributed by atoms with Gasteiger partial charge in [-0.1, -0.05) is 23.8 Å². The van der Waals surface area contributed by atoms with E-state index in [9.17, 15) is 9.59 Å². The molecule has 2 aromatic rings. The van der Waals surface area contributed by atoms with Gasteiger partial charge in [0.05, 0.1) is 18.8 Å². The maximum Gasteiger partial charge on any atom is 0.278 e. The van der Waals surface area contributed by atoms with Gasteiger partial charge in [0.2, 0.25) is 0 Å². The van der Waals surface area contributed by atoms with Gasteiger partial charge in [-0.3, -0.25) is 14.5 Å². The van der Waals surface area contributed by atoms with Gasteiger partial charge >= 0.3 is 0 Å². The van der Waals surface area contributed by atoms with Gasteiger partial charge in [-0.15, -0.1) is 0 Å². The predicted molar refractivity (Wildman–Crippen MR) is 122 cm³/mol. The summed E-state index contributed by atoms with van der Waals surface area (Å²) in [5, 5.41) is 3.20. The minimum absolute atomic E-state index is 0.251. The molecule has 0 spiro atoms. The van der Waals surface area contributed by atoms with Crippen LogP contribution < -0.4 is 14.8 Å². The topological polar surface area (TPSA) is 67.9 Å². The van der Waals surface area contributed by atoms with E-state index in [1.54, 1.807) is 12.1 Å². The van der Waals surface area contributed by atoms with Crippen molar-refractivity contribution in [2.24, 2.45) is 0 Å². The molecule has 164 valence electrons. The fourth-order valence-corrected chi connectivity index (χ4v) is 3.75. The molecule has 0 aliphatic carbocycles. The van der Waals surface area contributed by atoms with Crippen LogP contribution in [0.1, 0.15) is 44.4 Å². The van der Waals surface area contributed by atoms with E-state index in [-0.39, 0.29) is 23.6 Å². The van der Waals surface area contributed by atoms with Gasteiger partial charge in [0, 0.05) is 17.8 Å². The van der Waals surface area contributed by atoms with Crippen molar-refractivity contribution >= 4 is 23.1 Å². The number of benzene rings is 2. The Morgan fingerprint density at radius 2 is 1.58 bits per heavy atom. The molecule has 6 nitrogen and oxygen atoms in total. The highest BCUT2D eigenvalue weighted by atomic mass is 16.5. The summed E-state index contributed by atoms with van der Waals surface area (Å²) < 4.78 is 11.3. The minimum atomic E-state index is -0.332. The Hall–Kier alpha value is -3.28. The summed E-state index contributed by atoms with van der Waals surface area (Å²) >= 11 is 0. The Morgan fingerprint density at radius 1 is 0.903 bits per heavy atom. The number of carbonyl (C=O) groups is 2. The van der Waals surface area contributed by atoms with Crippen molar-refractivity contribution in [3.8, 4) is 11.5 Å². The van der Waals surface area contributed by atoms with Gasteiger partial charge in [0.1, 0.15) is 5.70 Å². The van der Waals surface area contributed by atoms with Gasteiger partial charge < -0.3 is 14.8 Å². The predicted octanol–water partition coefficient (Wildman–Crippen LogP) is 4.70. The molecule has 1 heterocycles. The normalized spacial score (nSPS) is 14.0. The zero-order valence-electron chi connectivity index (χ0n) is 19.0. The molecular weight excluding hydrogens is 392 g/mol. The van der Waals surface area contributed by atoms with Gasteiger partial charge in [0.15, 0.2) is 11.5 Å². The first kappa shape index (κ1) is 22.4. The summed E-state index contributed by atoms with van der Waals surface area (Å²) in [6, 6.07) is 11.0. The van der Waals surface area contributed by atoms with E-state index in [2.05, 4.69) is 5.32 Å². The Kier molecular flexibility index (Phi) is 6.68. The zero-order valence-corrected chi connectivity index (χ0v) is 19.0. The van der Waals surface area contributed by atoms with Gasteiger partial charge in [-0.25, -0.2) is 0 Å². The largest absolute Gasteiger partial charge is 0.490 e. The van der Waals surface area contributed by atoms with Crippen LogP contribution in [0.15, 0.2) is 42.1 Å². The smallest absolute Gasteiger partial charge is 0.278 e. The second-order valence-corrected chi connectivity index (χ2v) is 7.79. The van der Waals surface area contributed by atoms with Crippen molar-refractivity contribution < 1.29 is 19.1 Å². The van der Waals surface area contributed by atoms with Gasteiger partial charge in [-0.05, 0) is 64.8 Å². The number of carbonyl (C=O) groups excluding carboxylic acids is 2. The van der Waals surface area contributed by atoms with Crippen LogP contribution in [0, 0.1) is 13.8 Å². The fraction of sp³-hybridized carbons (Fsp3) is 0.360. The molecule has 2 aromatic carbocycles. The highest BCUT2D eigenvalue weighted by Gasteiger charge is 2.41. The number of rotatable bonds is 8. The highest BCUT2D eigenvalue weighted by Crippen LogP contribution is 2.36. The molecule has 0 unspecified atom stereocenters. The number of hydrogen-bond acceptors (Lipinski definition) is 5. The Labute approximate surface area is 183 Å². The van der Waals surface area contributed by atoms with E-state index in [0.717, 1.165) is 16.7 Å². The average molecular weight is 423 g/mol. The molecule has 2 amide bonds. The second kappa shape index (κ2) is 9.25. The number of imide groups is 1. The molecule has 0 saturated carbocycles. The Balaban J connectivity index is 2.10. The van der Waals surface area contributed by atoms with Crippen molar-refractivity contribution in [2.45, 2.75) is 47.6 Å². The monoisotopic (exact) mass is 422 g/mol. The fourth-order valence-electron chi connectivity index (χ4n) is 3.75. The lowest BCUT2D eigenvalue weighted by atomic mass is 9.97. The van der Waals surface area contributed by atoms with E-state index >= 15 is 0 Å². The Bertz CT molecular complexity index is 1040. The van der Waals surface area contributed by atoms with E-state index in [1.165, 1.54) is 4.90 Å². The van der Waals surface area contributed by atoms with E-state index < -0.39 is 0 Å². The summed E-state index contributed by atoms with van der Waals surface area (Å²) in [4.78, 5) is 27.8. The molecule has 1 N–H and O–H groups in total. The van der Waals surface area contributed by atoms with Crippen molar-refractivity contribution in [1.82, 2.24) is 4.90 Å². The molecule has 0 fully saturated rings. The molecular formula is C25H30N2O4. The summed E-state index contributed by atoms with van der Waals surface area (Å²) in [6.07, 6.45) is 0. The summed E-state index contributed by atoms with van der Waals surface area (Å²) in [5.41, 5.74) is 4.12. The maximum atomic E-state index is 13.3. The molecule has 0 atom stereocenters. The van der Waals surface area contributed by atoms with E-state index in [4.69, 9.17) is 9.47 Å². The first-order valence-corrected chi connectivity index (χ1v) is 10.6. The standard InChI is InChI=1S/C25H30N2O4/c1-7-30-20-12-10-18(14-21(20)31-8-2)26-23-22(19-11-9-16(5)13-17(19)6)24(28)27(15(3)4)25(23)29/h9-15,26H,7-8H2,1-6H3. The van der Waals surface area contributed by atoms with Crippen molar-refractivity contribution in [3.63, 3.8) is 0 Å². The third-order valence-electron chi connectivity index (χ3n) is 5.10. The number of hydrogen-bond donors (Lipinski definition) is 1. The molecule has 0 saturated heterocycles. The molecule has 0 aromatic heterocycles. The third-order valence-corrected chi connectivity index (χ3v) is 5.10. The van der Waals surface area contributed by atoms with Crippen LogP contribution in [0.3, 0.4) is 0 Å². The molecule has 1 aliphatic heterocycles. The van der Waals surface area contributed by atoms with Crippen molar-refractivity contribution in [1.29, 1.82) is 0 Å². The van der Waals surface area contributed by atoms with E-state index in [1.807, 2.05) is 65.8 Å². The number of anilines is 1. The lowest BCUT2D eigenvalue weighted by Crippen LogP contribution is -2.38. The number of nitrogens with zero attached hydrogens (tertiary/aromatic N) is 1. The lowest BCUT2D eigenvalue weighted by Gasteiger charge is -2.19. The van der Waals surface area contributed by atoms with Crippen molar-refractivity contribution in [2.75, 3.05) is 18.5 Å². The first-order valence-electron chi connectivity index (χ1n) is 10.6. The summed E-state index contributed by atoms with van der Waals surface area (Å²) in [6.45, 7) is 12.4. The van der Waals surface area contributed by atoms with Crippen LogP contribution in [0.4, 0.5) is 5.69 Å². The molecule has 31 heavy (non-hydrogen) atoms. The second-order valence-electron chi connectivity index (χ2n) is 7.79. The van der Waals surface area contributed by atoms with Gasteiger partial charge in [0.25, 0.3) is 11.8 Å². The van der Waals surface area contributed by atoms with Crippen LogP contribution in [-0.2, 0) is 9.59 Å². The molecule has 0 radical (unpaired) electrons. The van der Waals surface area contributed by atoms with Crippen LogP contribution in [0.25, 0.3) is 5.57 Å². The molecule has 3 rings (SSSR count). The van der Waals surface area contributed by atoms with Crippen LogP contribution in [0.5, 0.6) is 11.5 Å². The SMILES string of the molecule is CCOc1ccc(NC2=C(c3ccc(C)cc3C)C(=O)N(C(C)C)C2=O)cc1OCC. The zero-order chi connectivity index (χ0) is 22.7. The van der Waals surface area contributed by atoms with Crippen LogP contribution in [0.2, 0.25) is 0 Å². The summed E-state index contributed by atoms with van der Waals surface area (Å²) in [5.74, 6) is 0.601. The molecule has 0 bridgehead atoms. The van der Waals surface area contributed by atoms with Crippen LogP contribution in [-0.4, -0.2) is 36.0 Å². The number of amides is 2. The molecule has 6 heteroatoms. The lowest BCUT2D eigenvalue weighted by molar-refractivity contribution is -0.138. The number of ether oxygens (including phenoxy) is 2. The molecule has 1 aliphatic rings. The third kappa shape index (κ3) is 4.43. The van der Waals surface area contributed by atoms with Gasteiger partial charge in [-0.2, -0.15) is 0 Å².